The molecule has 0 aliphatic rings. The Bertz CT molecular complexity index is 1360. The average molecular weight is 395 g/mol. The highest BCUT2D eigenvalue weighted by Gasteiger charge is 2.19. The Morgan fingerprint density at radius 3 is 2.73 bits per heavy atom. The van der Waals surface area contributed by atoms with Crippen LogP contribution >= 0.6 is 0 Å². The smallest absolute Gasteiger partial charge is 0.139 e. The number of hydrogen-bond acceptors (Lipinski definition) is 4. The second-order valence-corrected chi connectivity index (χ2v) is 7.12. The zero-order valence-corrected chi connectivity index (χ0v) is 16.5. The third kappa shape index (κ3) is 3.10. The minimum absolute atomic E-state index is 0.210. The van der Waals surface area contributed by atoms with Crippen molar-refractivity contribution in [2.75, 3.05) is 12.4 Å². The Labute approximate surface area is 174 Å². The standard InChI is InChI=1S/C25H21N3O2/c1-30-19-9-6-7-17(15-19)16-26-25-24(27-22-11-4-5-14-28(22)25)23-20-10-3-2-8-18(20)12-13-21(23)29/h2-15,26,29H,16H2,1H3. The largest absolute Gasteiger partial charge is 0.507 e. The van der Waals surface area contributed by atoms with Crippen LogP contribution in [0.15, 0.2) is 85.1 Å². The van der Waals surface area contributed by atoms with Crippen molar-refractivity contribution in [1.82, 2.24) is 9.38 Å². The number of aromatic hydroxyl groups is 1. The SMILES string of the molecule is COc1cccc(CNc2c(-c3c(O)ccc4ccccc34)nc3ccccn23)c1. The van der Waals surface area contributed by atoms with Crippen molar-refractivity contribution in [2.24, 2.45) is 0 Å². The molecule has 5 heteroatoms. The number of fused-ring (bicyclic) bond motifs is 2. The molecule has 2 aromatic heterocycles. The van der Waals surface area contributed by atoms with Crippen LogP contribution in [0.5, 0.6) is 11.5 Å². The fourth-order valence-electron chi connectivity index (χ4n) is 3.82. The number of pyridine rings is 1. The van der Waals surface area contributed by atoms with Gasteiger partial charge < -0.3 is 15.2 Å². The summed E-state index contributed by atoms with van der Waals surface area (Å²) in [7, 11) is 1.67. The first-order valence-corrected chi connectivity index (χ1v) is 9.79. The van der Waals surface area contributed by atoms with E-state index in [1.54, 1.807) is 13.2 Å². The first-order valence-electron chi connectivity index (χ1n) is 9.79. The average Bonchev–Trinajstić information content (AvgIpc) is 3.15. The van der Waals surface area contributed by atoms with Crippen LogP contribution in [-0.4, -0.2) is 21.6 Å². The second kappa shape index (κ2) is 7.44. The van der Waals surface area contributed by atoms with Gasteiger partial charge in [-0.1, -0.05) is 48.5 Å². The molecule has 0 saturated heterocycles. The highest BCUT2D eigenvalue weighted by molar-refractivity contribution is 6.01. The van der Waals surface area contributed by atoms with Gasteiger partial charge in [-0.2, -0.15) is 0 Å². The summed E-state index contributed by atoms with van der Waals surface area (Å²) in [6, 6.07) is 25.5. The van der Waals surface area contributed by atoms with E-state index in [-0.39, 0.29) is 5.75 Å². The molecule has 0 radical (unpaired) electrons. The molecule has 148 valence electrons. The predicted octanol–water partition coefficient (Wildman–Crippen LogP) is 5.48. The zero-order chi connectivity index (χ0) is 20.5. The van der Waals surface area contributed by atoms with Crippen LogP contribution < -0.4 is 10.1 Å². The van der Waals surface area contributed by atoms with Crippen LogP contribution in [0.2, 0.25) is 0 Å². The Morgan fingerprint density at radius 1 is 0.967 bits per heavy atom. The number of nitrogens with one attached hydrogen (secondary N) is 1. The Hall–Kier alpha value is -3.99. The molecule has 0 saturated carbocycles. The molecule has 5 nitrogen and oxygen atoms in total. The zero-order valence-electron chi connectivity index (χ0n) is 16.5. The second-order valence-electron chi connectivity index (χ2n) is 7.12. The summed E-state index contributed by atoms with van der Waals surface area (Å²) in [5, 5.41) is 16.3. The third-order valence-corrected chi connectivity index (χ3v) is 5.27. The number of hydrogen-bond donors (Lipinski definition) is 2. The molecule has 3 aromatic carbocycles. The lowest BCUT2D eigenvalue weighted by Crippen LogP contribution is -2.03. The number of aromatic nitrogens is 2. The third-order valence-electron chi connectivity index (χ3n) is 5.27. The maximum absolute atomic E-state index is 10.8. The Kier molecular flexibility index (Phi) is 4.48. The quantitative estimate of drug-likeness (QED) is 0.414. The maximum atomic E-state index is 10.8. The van der Waals surface area contributed by atoms with E-state index in [2.05, 4.69) is 5.32 Å². The summed E-state index contributed by atoms with van der Waals surface area (Å²) < 4.78 is 7.35. The van der Waals surface area contributed by atoms with Crippen molar-refractivity contribution >= 4 is 22.2 Å². The summed E-state index contributed by atoms with van der Waals surface area (Å²) >= 11 is 0. The number of rotatable bonds is 5. The van der Waals surface area contributed by atoms with Crippen molar-refractivity contribution in [2.45, 2.75) is 6.54 Å². The highest BCUT2D eigenvalue weighted by Crippen LogP contribution is 2.40. The van der Waals surface area contributed by atoms with Gasteiger partial charge in [-0.15, -0.1) is 0 Å². The van der Waals surface area contributed by atoms with Gasteiger partial charge >= 0.3 is 0 Å². The van der Waals surface area contributed by atoms with Crippen molar-refractivity contribution in [1.29, 1.82) is 0 Å². The number of anilines is 1. The van der Waals surface area contributed by atoms with Gasteiger partial charge in [0.15, 0.2) is 0 Å². The molecule has 5 aromatic rings. The minimum atomic E-state index is 0.210. The van der Waals surface area contributed by atoms with Crippen LogP contribution in [0.25, 0.3) is 27.7 Å². The van der Waals surface area contributed by atoms with E-state index in [1.165, 1.54) is 0 Å². The molecular weight excluding hydrogens is 374 g/mol. The van der Waals surface area contributed by atoms with E-state index >= 15 is 0 Å². The summed E-state index contributed by atoms with van der Waals surface area (Å²) in [6.07, 6.45) is 1.97. The highest BCUT2D eigenvalue weighted by atomic mass is 16.5. The van der Waals surface area contributed by atoms with E-state index in [4.69, 9.17) is 9.72 Å². The van der Waals surface area contributed by atoms with Crippen LogP contribution in [0.4, 0.5) is 5.82 Å². The number of ether oxygens (including phenoxy) is 1. The number of imidazole rings is 1. The van der Waals surface area contributed by atoms with Crippen LogP contribution in [-0.2, 0) is 6.54 Å². The fourth-order valence-corrected chi connectivity index (χ4v) is 3.82. The molecule has 0 amide bonds. The van der Waals surface area contributed by atoms with Gasteiger partial charge in [0.2, 0.25) is 0 Å². The van der Waals surface area contributed by atoms with Crippen LogP contribution in [0, 0.1) is 0 Å². The fraction of sp³-hybridized carbons (Fsp3) is 0.0800. The molecule has 5 rings (SSSR count). The van der Waals surface area contributed by atoms with Gasteiger partial charge in [-0.25, -0.2) is 4.98 Å². The van der Waals surface area contributed by atoms with Gasteiger partial charge in [0.1, 0.15) is 28.7 Å². The first kappa shape index (κ1) is 18.1. The Balaban J connectivity index is 1.66. The van der Waals surface area contributed by atoms with Gasteiger partial charge in [0.25, 0.3) is 0 Å². The molecule has 0 unspecified atom stereocenters. The van der Waals surface area contributed by atoms with Crippen LogP contribution in [0.1, 0.15) is 5.56 Å². The van der Waals surface area contributed by atoms with E-state index < -0.39 is 0 Å². The molecule has 0 spiro atoms. The van der Waals surface area contributed by atoms with Gasteiger partial charge in [0, 0.05) is 12.7 Å². The maximum Gasteiger partial charge on any atom is 0.139 e. The number of nitrogens with zero attached hydrogens (tertiary/aromatic N) is 2. The molecule has 2 N–H and O–H groups in total. The van der Waals surface area contributed by atoms with E-state index in [0.717, 1.165) is 44.8 Å². The van der Waals surface area contributed by atoms with E-state index in [9.17, 15) is 5.11 Å². The van der Waals surface area contributed by atoms with Crippen molar-refractivity contribution < 1.29 is 9.84 Å². The van der Waals surface area contributed by atoms with Crippen LogP contribution in [0.3, 0.4) is 0 Å². The number of benzene rings is 3. The first-order chi connectivity index (χ1) is 14.7. The molecule has 0 bridgehead atoms. The number of phenolic OH excluding ortho intramolecular Hbond substituents is 1. The molecule has 0 fully saturated rings. The molecular formula is C25H21N3O2. The summed E-state index contributed by atoms with van der Waals surface area (Å²) in [5.41, 5.74) is 3.35. The normalized spacial score (nSPS) is 11.1. The van der Waals surface area contributed by atoms with Gasteiger partial charge in [-0.3, -0.25) is 4.40 Å². The molecule has 0 atom stereocenters. The lowest BCUT2D eigenvalue weighted by atomic mass is 10.0. The molecule has 2 heterocycles. The summed E-state index contributed by atoms with van der Waals surface area (Å²) in [6.45, 7) is 0.596. The molecule has 0 aliphatic carbocycles. The summed E-state index contributed by atoms with van der Waals surface area (Å²) in [5.74, 6) is 1.86. The topological polar surface area (TPSA) is 58.8 Å². The van der Waals surface area contributed by atoms with Gasteiger partial charge in [0.05, 0.1) is 12.7 Å². The van der Waals surface area contributed by atoms with Crippen molar-refractivity contribution in [3.05, 3.63) is 90.6 Å². The molecule has 30 heavy (non-hydrogen) atoms. The predicted molar refractivity (Wildman–Crippen MR) is 120 cm³/mol. The molecule has 0 aliphatic heterocycles. The number of phenols is 1. The van der Waals surface area contributed by atoms with Crippen molar-refractivity contribution in [3.63, 3.8) is 0 Å². The van der Waals surface area contributed by atoms with Gasteiger partial charge in [-0.05, 0) is 46.7 Å². The summed E-state index contributed by atoms with van der Waals surface area (Å²) in [4.78, 5) is 4.86. The lowest BCUT2D eigenvalue weighted by molar-refractivity contribution is 0.414. The van der Waals surface area contributed by atoms with E-state index in [0.29, 0.717) is 6.54 Å². The van der Waals surface area contributed by atoms with E-state index in [1.807, 2.05) is 83.4 Å². The lowest BCUT2D eigenvalue weighted by Gasteiger charge is -2.12. The van der Waals surface area contributed by atoms with Crippen molar-refractivity contribution in [3.8, 4) is 22.8 Å². The minimum Gasteiger partial charge on any atom is -0.507 e. The Morgan fingerprint density at radius 2 is 1.83 bits per heavy atom. The monoisotopic (exact) mass is 395 g/mol. The number of methoxy groups -OCH3 is 1.